The standard InChI is InChI=1S/C28H37N5O4/c1-3-37-26-12-5-4-11-25(26)33(28(35)36)19-16-31-14-17-32(18-15-31)24-10-6-9-23(20-24)29-27(34)22-8-7-13-30(2)21-22/h4-6,8-12,20H,3,7,13-19,21H2,1-2H3,(H,29,34)(H,35,36). The lowest BCUT2D eigenvalue weighted by molar-refractivity contribution is -0.113. The minimum Gasteiger partial charge on any atom is -0.492 e. The van der Waals surface area contributed by atoms with Crippen LogP contribution in [-0.4, -0.2) is 92.9 Å². The van der Waals surface area contributed by atoms with Gasteiger partial charge >= 0.3 is 6.09 Å². The van der Waals surface area contributed by atoms with Crippen molar-refractivity contribution in [2.24, 2.45) is 0 Å². The second-order valence-electron chi connectivity index (χ2n) is 9.42. The number of ether oxygens (including phenoxy) is 1. The third kappa shape index (κ3) is 7.02. The molecule has 0 spiro atoms. The van der Waals surface area contributed by atoms with E-state index in [2.05, 4.69) is 26.1 Å². The van der Waals surface area contributed by atoms with Gasteiger partial charge in [-0.2, -0.15) is 0 Å². The second kappa shape index (κ2) is 12.6. The summed E-state index contributed by atoms with van der Waals surface area (Å²) >= 11 is 0. The summed E-state index contributed by atoms with van der Waals surface area (Å²) < 4.78 is 5.64. The topological polar surface area (TPSA) is 88.6 Å². The molecule has 2 amide bonds. The molecule has 0 bridgehead atoms. The van der Waals surface area contributed by atoms with Crippen molar-refractivity contribution in [1.29, 1.82) is 0 Å². The van der Waals surface area contributed by atoms with Crippen molar-refractivity contribution in [2.45, 2.75) is 13.3 Å². The number of nitrogens with zero attached hydrogens (tertiary/aromatic N) is 4. The first-order valence-corrected chi connectivity index (χ1v) is 12.9. The summed E-state index contributed by atoms with van der Waals surface area (Å²) in [5.74, 6) is 0.540. The fourth-order valence-corrected chi connectivity index (χ4v) is 4.80. The molecule has 2 aromatic rings. The van der Waals surface area contributed by atoms with Gasteiger partial charge in [-0.25, -0.2) is 4.79 Å². The van der Waals surface area contributed by atoms with E-state index in [1.807, 2.05) is 50.4 Å². The Kier molecular flexibility index (Phi) is 9.03. The van der Waals surface area contributed by atoms with E-state index in [0.717, 1.165) is 56.1 Å². The van der Waals surface area contributed by atoms with Crippen LogP contribution in [0.15, 0.2) is 60.2 Å². The van der Waals surface area contributed by atoms with Gasteiger partial charge in [0.2, 0.25) is 0 Å². The van der Waals surface area contributed by atoms with Crippen LogP contribution < -0.4 is 19.9 Å². The van der Waals surface area contributed by atoms with E-state index in [-0.39, 0.29) is 5.91 Å². The minimum absolute atomic E-state index is 0.0394. The highest BCUT2D eigenvalue weighted by molar-refractivity contribution is 6.04. The zero-order valence-corrected chi connectivity index (χ0v) is 21.7. The molecule has 2 aliphatic heterocycles. The Bertz CT molecular complexity index is 1110. The molecule has 1 fully saturated rings. The number of hydrogen-bond acceptors (Lipinski definition) is 6. The van der Waals surface area contributed by atoms with Crippen LogP contribution in [0.4, 0.5) is 21.9 Å². The Hall–Kier alpha value is -3.56. The first kappa shape index (κ1) is 26.5. The molecule has 0 aromatic heterocycles. The van der Waals surface area contributed by atoms with Crippen molar-refractivity contribution < 1.29 is 19.4 Å². The average Bonchev–Trinajstić information content (AvgIpc) is 2.90. The highest BCUT2D eigenvalue weighted by Gasteiger charge is 2.22. The summed E-state index contributed by atoms with van der Waals surface area (Å²) in [5, 5.41) is 12.9. The molecule has 9 heteroatoms. The van der Waals surface area contributed by atoms with E-state index >= 15 is 0 Å². The van der Waals surface area contributed by atoms with Crippen LogP contribution in [-0.2, 0) is 4.79 Å². The van der Waals surface area contributed by atoms with Gasteiger partial charge in [0.1, 0.15) is 5.75 Å². The molecule has 2 aliphatic rings. The fourth-order valence-electron chi connectivity index (χ4n) is 4.80. The van der Waals surface area contributed by atoms with Gasteiger partial charge in [-0.05, 0) is 50.7 Å². The second-order valence-corrected chi connectivity index (χ2v) is 9.42. The van der Waals surface area contributed by atoms with Crippen LogP contribution in [0.1, 0.15) is 13.3 Å². The van der Waals surface area contributed by atoms with E-state index < -0.39 is 6.09 Å². The third-order valence-corrected chi connectivity index (χ3v) is 6.80. The van der Waals surface area contributed by atoms with Crippen molar-refractivity contribution in [1.82, 2.24) is 9.80 Å². The maximum absolute atomic E-state index is 12.7. The highest BCUT2D eigenvalue weighted by atomic mass is 16.5. The summed E-state index contributed by atoms with van der Waals surface area (Å²) in [6.45, 7) is 8.34. The van der Waals surface area contributed by atoms with Crippen LogP contribution in [0.3, 0.4) is 0 Å². The van der Waals surface area contributed by atoms with Gasteiger partial charge in [0.05, 0.1) is 12.3 Å². The largest absolute Gasteiger partial charge is 0.492 e. The Labute approximate surface area is 218 Å². The lowest BCUT2D eigenvalue weighted by Gasteiger charge is -2.37. The Balaban J connectivity index is 1.31. The lowest BCUT2D eigenvalue weighted by atomic mass is 10.1. The Morgan fingerprint density at radius 1 is 1.05 bits per heavy atom. The molecule has 1 saturated heterocycles. The van der Waals surface area contributed by atoms with Crippen LogP contribution in [0.2, 0.25) is 0 Å². The number of hydrogen-bond donors (Lipinski definition) is 2. The number of para-hydroxylation sites is 2. The van der Waals surface area contributed by atoms with Gasteiger partial charge in [0, 0.05) is 69.3 Å². The quantitative estimate of drug-likeness (QED) is 0.536. The van der Waals surface area contributed by atoms with Gasteiger partial charge in [0.25, 0.3) is 5.91 Å². The zero-order valence-electron chi connectivity index (χ0n) is 21.7. The summed E-state index contributed by atoms with van der Waals surface area (Å²) in [6.07, 6.45) is 1.94. The highest BCUT2D eigenvalue weighted by Crippen LogP contribution is 2.28. The predicted octanol–water partition coefficient (Wildman–Crippen LogP) is 3.59. The molecule has 2 N–H and O–H groups in total. The monoisotopic (exact) mass is 507 g/mol. The maximum Gasteiger partial charge on any atom is 0.411 e. The number of rotatable bonds is 9. The van der Waals surface area contributed by atoms with Crippen LogP contribution in [0, 0.1) is 0 Å². The lowest BCUT2D eigenvalue weighted by Crippen LogP contribution is -2.49. The molecule has 9 nitrogen and oxygen atoms in total. The molecule has 0 radical (unpaired) electrons. The third-order valence-electron chi connectivity index (χ3n) is 6.80. The van der Waals surface area contributed by atoms with E-state index in [1.165, 1.54) is 4.90 Å². The molecule has 0 atom stereocenters. The van der Waals surface area contributed by atoms with Gasteiger partial charge < -0.3 is 25.0 Å². The molecule has 2 aromatic carbocycles. The molecule has 4 rings (SSSR count). The number of nitrogens with one attached hydrogen (secondary N) is 1. The van der Waals surface area contributed by atoms with Crippen molar-refractivity contribution in [3.63, 3.8) is 0 Å². The number of likely N-dealkylation sites (N-methyl/N-ethyl adjacent to an activating group) is 1. The summed E-state index contributed by atoms with van der Waals surface area (Å²) in [4.78, 5) is 32.8. The number of carboxylic acid groups (broad SMARTS) is 1. The molecule has 37 heavy (non-hydrogen) atoms. The minimum atomic E-state index is -0.986. The molecular weight excluding hydrogens is 470 g/mol. The Morgan fingerprint density at radius 2 is 1.84 bits per heavy atom. The van der Waals surface area contributed by atoms with E-state index in [0.29, 0.717) is 37.7 Å². The zero-order chi connectivity index (χ0) is 26.2. The number of anilines is 3. The molecule has 198 valence electrons. The molecular formula is C28H37N5O4. The van der Waals surface area contributed by atoms with Crippen molar-refractivity contribution in [3.8, 4) is 5.75 Å². The first-order valence-electron chi connectivity index (χ1n) is 12.9. The fraction of sp³-hybridized carbons (Fsp3) is 0.429. The van der Waals surface area contributed by atoms with Gasteiger partial charge in [-0.1, -0.05) is 24.3 Å². The summed E-state index contributed by atoms with van der Waals surface area (Å²) in [6, 6.07) is 15.2. The van der Waals surface area contributed by atoms with Crippen molar-refractivity contribution >= 4 is 29.1 Å². The molecule has 0 aliphatic carbocycles. The predicted molar refractivity (Wildman–Crippen MR) is 147 cm³/mol. The summed E-state index contributed by atoms with van der Waals surface area (Å²) in [5.41, 5.74) is 3.26. The molecule has 2 heterocycles. The number of carbonyl (C=O) groups excluding carboxylic acids is 1. The van der Waals surface area contributed by atoms with Crippen LogP contribution in [0.25, 0.3) is 0 Å². The van der Waals surface area contributed by atoms with E-state index in [1.54, 1.807) is 12.1 Å². The summed E-state index contributed by atoms with van der Waals surface area (Å²) in [7, 11) is 2.03. The maximum atomic E-state index is 12.7. The number of benzene rings is 2. The number of amides is 2. The average molecular weight is 508 g/mol. The van der Waals surface area contributed by atoms with Gasteiger partial charge in [-0.15, -0.1) is 0 Å². The van der Waals surface area contributed by atoms with Crippen LogP contribution in [0.5, 0.6) is 5.75 Å². The Morgan fingerprint density at radius 3 is 2.57 bits per heavy atom. The van der Waals surface area contributed by atoms with E-state index in [9.17, 15) is 14.7 Å². The molecule has 0 unspecified atom stereocenters. The normalized spacial score (nSPS) is 16.7. The van der Waals surface area contributed by atoms with Gasteiger partial charge in [0.15, 0.2) is 0 Å². The van der Waals surface area contributed by atoms with Gasteiger partial charge in [-0.3, -0.25) is 14.6 Å². The number of piperazine rings is 1. The van der Waals surface area contributed by atoms with Crippen LogP contribution >= 0.6 is 0 Å². The SMILES string of the molecule is CCOc1ccccc1N(CCN1CCN(c2cccc(NC(=O)C3=CCCN(C)C3)c2)CC1)C(=O)O. The van der Waals surface area contributed by atoms with E-state index in [4.69, 9.17) is 4.74 Å². The smallest absolute Gasteiger partial charge is 0.411 e. The number of carbonyl (C=O) groups is 2. The first-order chi connectivity index (χ1) is 17.9. The van der Waals surface area contributed by atoms with Crippen molar-refractivity contribution in [3.05, 3.63) is 60.2 Å². The molecule has 0 saturated carbocycles. The van der Waals surface area contributed by atoms with Crippen molar-refractivity contribution in [2.75, 3.05) is 81.1 Å².